The van der Waals surface area contributed by atoms with Crippen LogP contribution in [0.4, 0.5) is 0 Å². The van der Waals surface area contributed by atoms with Gasteiger partial charge in [-0.3, -0.25) is 24.0 Å². The van der Waals surface area contributed by atoms with Gasteiger partial charge in [0, 0.05) is 42.1 Å². The van der Waals surface area contributed by atoms with E-state index in [1.807, 2.05) is 41.5 Å². The van der Waals surface area contributed by atoms with Gasteiger partial charge < -0.3 is 9.84 Å². The van der Waals surface area contributed by atoms with E-state index in [1.54, 1.807) is 6.92 Å². The Kier molecular flexibility index (Phi) is 6.83. The zero-order valence-corrected chi connectivity index (χ0v) is 24.0. The normalized spacial score (nSPS) is 39.3. The molecule has 0 aliphatic heterocycles. The molecule has 0 amide bonds. The Morgan fingerprint density at radius 1 is 1.11 bits per heavy atom. The summed E-state index contributed by atoms with van der Waals surface area (Å²) in [6, 6.07) is 0. The zero-order chi connectivity index (χ0) is 28.6. The van der Waals surface area contributed by atoms with Crippen LogP contribution in [-0.2, 0) is 28.7 Å². The number of hydrogen-bond acceptors (Lipinski definition) is 7. The average molecular weight is 527 g/mol. The third-order valence-electron chi connectivity index (χ3n) is 11.1. The molecule has 0 aromatic heterocycles. The number of aliphatic hydroxyl groups is 1. The third kappa shape index (κ3) is 3.75. The summed E-state index contributed by atoms with van der Waals surface area (Å²) in [6.07, 6.45) is 2.08. The number of ketones is 4. The van der Waals surface area contributed by atoms with E-state index in [4.69, 9.17) is 4.74 Å². The van der Waals surface area contributed by atoms with Crippen molar-refractivity contribution in [2.24, 2.45) is 39.4 Å². The van der Waals surface area contributed by atoms with E-state index in [9.17, 15) is 29.1 Å². The zero-order valence-electron chi connectivity index (χ0n) is 24.0. The standard InChI is InChI=1S/C31H42O7/c1-16(11-18(32)12-17(2)27(37)38-8)19-13-24(36)31(7)26-20(33)14-22-28(3,4)23(35)9-10-29(22,5)25(26)21(34)15-30(19,31)6/h11,17,19-20,22,33H,9-10,12-15H2,1-8H3/b16-11+/t17?,19-,20?,22+,29+,30-,31+/m1/s1. The fraction of sp³-hybridized carbons (Fsp3) is 0.710. The molecule has 208 valence electrons. The van der Waals surface area contributed by atoms with Crippen molar-refractivity contribution in [1.82, 2.24) is 0 Å². The van der Waals surface area contributed by atoms with Crippen LogP contribution >= 0.6 is 0 Å². The molecule has 0 saturated heterocycles. The predicted molar refractivity (Wildman–Crippen MR) is 141 cm³/mol. The maximum atomic E-state index is 14.1. The first-order valence-electron chi connectivity index (χ1n) is 13.8. The van der Waals surface area contributed by atoms with Gasteiger partial charge in [-0.1, -0.05) is 40.2 Å². The van der Waals surface area contributed by atoms with Gasteiger partial charge in [0.25, 0.3) is 0 Å². The van der Waals surface area contributed by atoms with Crippen LogP contribution in [0.25, 0.3) is 0 Å². The van der Waals surface area contributed by atoms with Gasteiger partial charge >= 0.3 is 5.97 Å². The van der Waals surface area contributed by atoms with E-state index < -0.39 is 39.7 Å². The Morgan fingerprint density at radius 2 is 1.74 bits per heavy atom. The summed E-state index contributed by atoms with van der Waals surface area (Å²) in [5, 5.41) is 11.6. The molecule has 4 rings (SSSR count). The Morgan fingerprint density at radius 3 is 2.34 bits per heavy atom. The summed E-state index contributed by atoms with van der Waals surface area (Å²) in [6.45, 7) is 13.1. The first-order chi connectivity index (χ1) is 17.5. The van der Waals surface area contributed by atoms with Gasteiger partial charge in [0.1, 0.15) is 11.6 Å². The Balaban J connectivity index is 1.78. The highest BCUT2D eigenvalue weighted by Crippen LogP contribution is 2.70. The minimum Gasteiger partial charge on any atom is -0.469 e. The van der Waals surface area contributed by atoms with Crippen LogP contribution < -0.4 is 0 Å². The Bertz CT molecular complexity index is 1190. The second kappa shape index (κ2) is 9.07. The van der Waals surface area contributed by atoms with Gasteiger partial charge in [-0.2, -0.15) is 0 Å². The van der Waals surface area contributed by atoms with Gasteiger partial charge in [-0.05, 0) is 55.6 Å². The largest absolute Gasteiger partial charge is 0.469 e. The van der Waals surface area contributed by atoms with E-state index in [0.29, 0.717) is 36.0 Å². The number of Topliss-reactive ketones (excluding diaryl/α,β-unsaturated/α-hetero) is 3. The van der Waals surface area contributed by atoms with E-state index in [2.05, 4.69) is 0 Å². The lowest BCUT2D eigenvalue weighted by molar-refractivity contribution is -0.146. The lowest BCUT2D eigenvalue weighted by atomic mass is 9.42. The van der Waals surface area contributed by atoms with Gasteiger partial charge in [0.05, 0.1) is 24.5 Å². The molecule has 7 atom stereocenters. The van der Waals surface area contributed by atoms with Gasteiger partial charge in [0.15, 0.2) is 11.6 Å². The van der Waals surface area contributed by atoms with Crippen LogP contribution in [0.3, 0.4) is 0 Å². The average Bonchev–Trinajstić information content (AvgIpc) is 3.03. The molecule has 4 aliphatic carbocycles. The van der Waals surface area contributed by atoms with Crippen molar-refractivity contribution in [3.63, 3.8) is 0 Å². The molecule has 7 heteroatoms. The fourth-order valence-electron chi connectivity index (χ4n) is 8.71. The number of aliphatic hydroxyl groups excluding tert-OH is 1. The van der Waals surface area contributed by atoms with Gasteiger partial charge in [-0.15, -0.1) is 0 Å². The second-order valence-corrected chi connectivity index (χ2v) is 13.5. The molecule has 1 N–H and O–H groups in total. The molecule has 0 heterocycles. The number of esters is 1. The number of rotatable bonds is 5. The first-order valence-corrected chi connectivity index (χ1v) is 13.8. The molecule has 0 aromatic carbocycles. The van der Waals surface area contributed by atoms with Crippen LogP contribution in [0.2, 0.25) is 0 Å². The van der Waals surface area contributed by atoms with E-state index >= 15 is 0 Å². The number of methoxy groups -OCH3 is 1. The minimum atomic E-state index is -1.06. The number of hydrogen-bond donors (Lipinski definition) is 1. The molecule has 7 nitrogen and oxygen atoms in total. The van der Waals surface area contributed by atoms with Crippen molar-refractivity contribution in [3.8, 4) is 0 Å². The topological polar surface area (TPSA) is 115 Å². The number of fused-ring (bicyclic) bond motifs is 4. The summed E-state index contributed by atoms with van der Waals surface area (Å²) < 4.78 is 4.73. The van der Waals surface area contributed by atoms with Crippen molar-refractivity contribution in [3.05, 3.63) is 22.8 Å². The molecular weight excluding hydrogens is 484 g/mol. The lowest BCUT2D eigenvalue weighted by Crippen LogP contribution is -2.59. The Hall–Kier alpha value is -2.41. The fourth-order valence-corrected chi connectivity index (χ4v) is 8.71. The maximum absolute atomic E-state index is 14.1. The number of carbonyl (C=O) groups is 5. The quantitative estimate of drug-likeness (QED) is 0.418. The van der Waals surface area contributed by atoms with E-state index in [1.165, 1.54) is 13.2 Å². The molecule has 0 aromatic rings. The lowest BCUT2D eigenvalue weighted by Gasteiger charge is -2.60. The van der Waals surface area contributed by atoms with Gasteiger partial charge in [-0.25, -0.2) is 0 Å². The van der Waals surface area contributed by atoms with Crippen LogP contribution in [-0.4, -0.2) is 47.4 Å². The van der Waals surface area contributed by atoms with Crippen LogP contribution in [0, 0.1) is 39.4 Å². The molecule has 2 unspecified atom stereocenters. The van der Waals surface area contributed by atoms with Crippen molar-refractivity contribution >= 4 is 29.1 Å². The van der Waals surface area contributed by atoms with Crippen molar-refractivity contribution in [2.45, 2.75) is 93.1 Å². The first kappa shape index (κ1) is 28.6. The van der Waals surface area contributed by atoms with E-state index in [-0.39, 0.29) is 54.2 Å². The smallest absolute Gasteiger partial charge is 0.308 e. The van der Waals surface area contributed by atoms with Crippen LogP contribution in [0.15, 0.2) is 22.8 Å². The molecule has 2 fully saturated rings. The molecule has 0 radical (unpaired) electrons. The summed E-state index contributed by atoms with van der Waals surface area (Å²) in [7, 11) is 1.29. The highest BCUT2D eigenvalue weighted by Gasteiger charge is 2.70. The summed E-state index contributed by atoms with van der Waals surface area (Å²) in [4.78, 5) is 65.4. The van der Waals surface area contributed by atoms with Crippen LogP contribution in [0.5, 0.6) is 0 Å². The maximum Gasteiger partial charge on any atom is 0.308 e. The number of ether oxygens (including phenoxy) is 1. The Labute approximate surface area is 225 Å². The van der Waals surface area contributed by atoms with Crippen LogP contribution in [0.1, 0.15) is 87.0 Å². The molecule has 0 spiro atoms. The minimum absolute atomic E-state index is 0.000143. The summed E-state index contributed by atoms with van der Waals surface area (Å²) in [5.41, 5.74) is -1.29. The third-order valence-corrected chi connectivity index (χ3v) is 11.1. The molecule has 4 aliphatic rings. The summed E-state index contributed by atoms with van der Waals surface area (Å²) >= 11 is 0. The highest BCUT2D eigenvalue weighted by atomic mass is 16.5. The van der Waals surface area contributed by atoms with Crippen molar-refractivity contribution in [1.29, 1.82) is 0 Å². The predicted octanol–water partition coefficient (Wildman–Crippen LogP) is 4.35. The van der Waals surface area contributed by atoms with Crippen molar-refractivity contribution in [2.75, 3.05) is 7.11 Å². The number of carbonyl (C=O) groups excluding carboxylic acids is 5. The highest BCUT2D eigenvalue weighted by molar-refractivity contribution is 6.06. The monoisotopic (exact) mass is 526 g/mol. The SMILES string of the molecule is COC(=O)C(C)CC(=O)/C=C(\C)[C@H]1CC(=O)[C@@]2(C)C3=C(C(=O)C[C@]12C)[C@@]1(C)CCC(=O)C(C)(C)[C@@H]1CC3O. The van der Waals surface area contributed by atoms with Gasteiger partial charge in [0.2, 0.25) is 0 Å². The van der Waals surface area contributed by atoms with Crippen molar-refractivity contribution < 1.29 is 33.8 Å². The molecule has 2 saturated carbocycles. The van der Waals surface area contributed by atoms with E-state index in [0.717, 1.165) is 0 Å². The number of allylic oxidation sites excluding steroid dienone is 3. The molecule has 38 heavy (non-hydrogen) atoms. The molecular formula is C31H42O7. The molecule has 0 bridgehead atoms. The second-order valence-electron chi connectivity index (χ2n) is 13.5. The summed E-state index contributed by atoms with van der Waals surface area (Å²) in [5.74, 6) is -1.74.